The third kappa shape index (κ3) is 2.53. The number of carbonyl (C=O) groups excluding carboxylic acids is 1. The smallest absolute Gasteiger partial charge is 0.326 e. The van der Waals surface area contributed by atoms with Crippen molar-refractivity contribution >= 4 is 5.97 Å². The highest BCUT2D eigenvalue weighted by Gasteiger charge is 2.54. The maximum absolute atomic E-state index is 13.1. The Bertz CT molecular complexity index is 709. The largest absolute Gasteiger partial charge is 0.425 e. The molecule has 1 aliphatic rings. The van der Waals surface area contributed by atoms with E-state index in [1.807, 2.05) is 54.6 Å². The van der Waals surface area contributed by atoms with E-state index in [-0.39, 0.29) is 11.9 Å². The van der Waals surface area contributed by atoms with Crippen LogP contribution in [0.5, 0.6) is 5.75 Å². The van der Waals surface area contributed by atoms with E-state index >= 15 is 0 Å². The van der Waals surface area contributed by atoms with Crippen LogP contribution in [-0.4, -0.2) is 30.5 Å². The lowest BCUT2D eigenvalue weighted by Gasteiger charge is -2.36. The fraction of sp³-hybridized carbons (Fsp3) is 0.381. The summed E-state index contributed by atoms with van der Waals surface area (Å²) in [4.78, 5) is 15.5. The summed E-state index contributed by atoms with van der Waals surface area (Å²) in [6.07, 6.45) is 0. The van der Waals surface area contributed by atoms with Crippen LogP contribution in [0.4, 0.5) is 0 Å². The van der Waals surface area contributed by atoms with E-state index < -0.39 is 5.41 Å². The van der Waals surface area contributed by atoms with Crippen LogP contribution in [0.1, 0.15) is 31.9 Å². The zero-order valence-electron chi connectivity index (χ0n) is 14.7. The van der Waals surface area contributed by atoms with Gasteiger partial charge in [-0.05, 0) is 30.6 Å². The number of esters is 1. The number of hydrogen-bond donors (Lipinski definition) is 0. The molecule has 0 aliphatic carbocycles. The number of fused-ring (bicyclic) bond motifs is 1. The maximum Gasteiger partial charge on any atom is 0.326 e. The molecule has 2 atom stereocenters. The van der Waals surface area contributed by atoms with E-state index in [1.165, 1.54) is 0 Å². The Labute approximate surface area is 144 Å². The Morgan fingerprint density at radius 1 is 1.00 bits per heavy atom. The Morgan fingerprint density at radius 2 is 1.62 bits per heavy atom. The minimum Gasteiger partial charge on any atom is -0.425 e. The molecule has 0 spiro atoms. The molecule has 2 unspecified atom stereocenters. The highest BCUT2D eigenvalue weighted by molar-refractivity contribution is 5.94. The van der Waals surface area contributed by atoms with Gasteiger partial charge in [0.1, 0.15) is 11.2 Å². The number of ether oxygens (including phenoxy) is 1. The summed E-state index contributed by atoms with van der Waals surface area (Å²) in [7, 11) is 0. The van der Waals surface area contributed by atoms with Crippen LogP contribution in [-0.2, 0) is 10.2 Å². The molecule has 2 aromatic carbocycles. The van der Waals surface area contributed by atoms with Gasteiger partial charge in [-0.25, -0.2) is 0 Å². The lowest BCUT2D eigenvalue weighted by molar-refractivity contribution is -0.138. The van der Waals surface area contributed by atoms with Crippen molar-refractivity contribution in [2.75, 3.05) is 19.6 Å². The van der Waals surface area contributed by atoms with Gasteiger partial charge in [0.2, 0.25) is 0 Å². The SMILES string of the molecule is CCN(CC)CC(C)C1(c2ccccc2)C(=O)Oc2ccccc21. The first kappa shape index (κ1) is 16.7. The normalized spacial score (nSPS) is 20.8. The second-order valence-corrected chi connectivity index (χ2v) is 6.45. The van der Waals surface area contributed by atoms with Gasteiger partial charge in [-0.2, -0.15) is 0 Å². The molecule has 0 radical (unpaired) electrons. The standard InChI is InChI=1S/C21H25NO2/c1-4-22(5-2)15-16(3)21(17-11-7-6-8-12-17)18-13-9-10-14-19(18)24-20(21)23/h6-14,16H,4-5,15H2,1-3H3. The fourth-order valence-electron chi connectivity index (χ4n) is 3.90. The van der Waals surface area contributed by atoms with Crippen molar-refractivity contribution in [1.82, 2.24) is 4.90 Å². The first-order valence-electron chi connectivity index (χ1n) is 8.74. The predicted octanol–water partition coefficient (Wildman–Crippen LogP) is 3.87. The van der Waals surface area contributed by atoms with Gasteiger partial charge in [-0.1, -0.05) is 69.3 Å². The maximum atomic E-state index is 13.1. The van der Waals surface area contributed by atoms with Crippen molar-refractivity contribution in [3.8, 4) is 5.75 Å². The van der Waals surface area contributed by atoms with Crippen LogP contribution in [0, 0.1) is 5.92 Å². The fourth-order valence-corrected chi connectivity index (χ4v) is 3.90. The van der Waals surface area contributed by atoms with E-state index in [0.717, 1.165) is 30.8 Å². The molecule has 24 heavy (non-hydrogen) atoms. The monoisotopic (exact) mass is 323 g/mol. The van der Waals surface area contributed by atoms with Gasteiger partial charge >= 0.3 is 5.97 Å². The molecule has 0 amide bonds. The second kappa shape index (κ2) is 6.78. The van der Waals surface area contributed by atoms with Gasteiger partial charge in [0.05, 0.1) is 0 Å². The first-order chi connectivity index (χ1) is 11.6. The van der Waals surface area contributed by atoms with Crippen molar-refractivity contribution in [3.05, 3.63) is 65.7 Å². The van der Waals surface area contributed by atoms with Crippen molar-refractivity contribution in [2.45, 2.75) is 26.2 Å². The Balaban J connectivity index is 2.15. The lowest BCUT2D eigenvalue weighted by Crippen LogP contribution is -2.46. The van der Waals surface area contributed by atoms with Gasteiger partial charge in [0, 0.05) is 12.1 Å². The molecule has 3 nitrogen and oxygen atoms in total. The van der Waals surface area contributed by atoms with E-state index in [4.69, 9.17) is 4.74 Å². The summed E-state index contributed by atoms with van der Waals surface area (Å²) >= 11 is 0. The van der Waals surface area contributed by atoms with Gasteiger partial charge in [-0.3, -0.25) is 4.79 Å². The molecule has 0 saturated carbocycles. The zero-order chi connectivity index (χ0) is 17.2. The Kier molecular flexibility index (Phi) is 4.72. The Morgan fingerprint density at radius 3 is 2.29 bits per heavy atom. The molecule has 3 heteroatoms. The van der Waals surface area contributed by atoms with Crippen LogP contribution >= 0.6 is 0 Å². The first-order valence-corrected chi connectivity index (χ1v) is 8.74. The summed E-state index contributed by atoms with van der Waals surface area (Å²) in [5.41, 5.74) is 1.26. The Hall–Kier alpha value is -2.13. The van der Waals surface area contributed by atoms with Crippen molar-refractivity contribution in [2.24, 2.45) is 5.92 Å². The number of carbonyl (C=O) groups is 1. The van der Waals surface area contributed by atoms with Gasteiger partial charge in [-0.15, -0.1) is 0 Å². The molecule has 3 rings (SSSR count). The van der Waals surface area contributed by atoms with Gasteiger partial charge in [0.25, 0.3) is 0 Å². The van der Waals surface area contributed by atoms with Crippen molar-refractivity contribution in [1.29, 1.82) is 0 Å². The van der Waals surface area contributed by atoms with Crippen molar-refractivity contribution < 1.29 is 9.53 Å². The highest BCUT2D eigenvalue weighted by atomic mass is 16.5. The molecule has 1 heterocycles. The average molecular weight is 323 g/mol. The van der Waals surface area contributed by atoms with Crippen molar-refractivity contribution in [3.63, 3.8) is 0 Å². The second-order valence-electron chi connectivity index (χ2n) is 6.45. The molecular formula is C21H25NO2. The quantitative estimate of drug-likeness (QED) is 0.597. The highest BCUT2D eigenvalue weighted by Crippen LogP contribution is 2.49. The summed E-state index contributed by atoms with van der Waals surface area (Å²) in [6, 6.07) is 17.9. The lowest BCUT2D eigenvalue weighted by atomic mass is 9.67. The average Bonchev–Trinajstić information content (AvgIpc) is 2.93. The molecular weight excluding hydrogens is 298 g/mol. The van der Waals surface area contributed by atoms with E-state index in [9.17, 15) is 4.79 Å². The summed E-state index contributed by atoms with van der Waals surface area (Å²) in [5, 5.41) is 0. The molecule has 0 fully saturated rings. The van der Waals surface area contributed by atoms with Crippen LogP contribution in [0.25, 0.3) is 0 Å². The molecule has 0 bridgehead atoms. The minimum atomic E-state index is -0.736. The van der Waals surface area contributed by atoms with Crippen LogP contribution in [0.3, 0.4) is 0 Å². The number of hydrogen-bond acceptors (Lipinski definition) is 3. The van der Waals surface area contributed by atoms with Crippen LogP contribution in [0.2, 0.25) is 0 Å². The zero-order valence-corrected chi connectivity index (χ0v) is 14.7. The number of benzene rings is 2. The van der Waals surface area contributed by atoms with Gasteiger partial charge < -0.3 is 9.64 Å². The predicted molar refractivity (Wildman–Crippen MR) is 96.3 cm³/mol. The molecule has 0 N–H and O–H groups in total. The van der Waals surface area contributed by atoms with Crippen LogP contribution < -0.4 is 4.74 Å². The molecule has 1 aliphatic heterocycles. The van der Waals surface area contributed by atoms with E-state index in [1.54, 1.807) is 0 Å². The van der Waals surface area contributed by atoms with E-state index in [0.29, 0.717) is 5.75 Å². The summed E-state index contributed by atoms with van der Waals surface area (Å²) in [5.74, 6) is 0.642. The molecule has 126 valence electrons. The summed E-state index contributed by atoms with van der Waals surface area (Å²) < 4.78 is 5.69. The topological polar surface area (TPSA) is 29.5 Å². The molecule has 0 aromatic heterocycles. The van der Waals surface area contributed by atoms with Gasteiger partial charge in [0.15, 0.2) is 0 Å². The third-order valence-corrected chi connectivity index (χ3v) is 5.23. The molecule has 2 aromatic rings. The number of rotatable bonds is 6. The number of para-hydroxylation sites is 1. The van der Waals surface area contributed by atoms with Crippen LogP contribution in [0.15, 0.2) is 54.6 Å². The minimum absolute atomic E-state index is 0.107. The molecule has 0 saturated heterocycles. The number of nitrogens with zero attached hydrogens (tertiary/aromatic N) is 1. The third-order valence-electron chi connectivity index (χ3n) is 5.23. The van der Waals surface area contributed by atoms with E-state index in [2.05, 4.69) is 25.7 Å². The summed E-state index contributed by atoms with van der Waals surface area (Å²) in [6.45, 7) is 9.28.